The van der Waals surface area contributed by atoms with Crippen LogP contribution in [0.3, 0.4) is 0 Å². The minimum atomic E-state index is -1.31. The first-order valence-corrected chi connectivity index (χ1v) is 15.8. The minimum Gasteiger partial charge on any atom is -0.135 e. The van der Waals surface area contributed by atoms with E-state index in [-0.39, 0.29) is 0 Å². The molecule has 0 aliphatic heterocycles. The zero-order chi connectivity index (χ0) is 13.9. The van der Waals surface area contributed by atoms with Gasteiger partial charge in [-0.3, -0.25) is 0 Å². The molecule has 19 heavy (non-hydrogen) atoms. The van der Waals surface area contributed by atoms with Crippen molar-refractivity contribution in [1.82, 2.24) is 0 Å². The molecule has 0 unspecified atom stereocenters. The van der Waals surface area contributed by atoms with Crippen molar-refractivity contribution < 1.29 is 0 Å². The fourth-order valence-electron chi connectivity index (χ4n) is 2.64. The molecule has 0 spiro atoms. The van der Waals surface area contributed by atoms with E-state index >= 15 is 0 Å². The molecule has 2 rings (SSSR count). The molecule has 3 heteroatoms. The third-order valence-corrected chi connectivity index (χ3v) is 25.2. The molecule has 0 nitrogen and oxygen atoms in total. The first kappa shape index (κ1) is 14.7. The predicted molar refractivity (Wildman–Crippen MR) is 95.4 cm³/mol. The summed E-state index contributed by atoms with van der Waals surface area (Å²) in [6.07, 6.45) is 0. The fourth-order valence-corrected chi connectivity index (χ4v) is 29.8. The van der Waals surface area contributed by atoms with Gasteiger partial charge in [-0.15, -0.1) is 7.68 Å². The quantitative estimate of drug-likeness (QED) is 0.594. The summed E-state index contributed by atoms with van der Waals surface area (Å²) in [5, 5.41) is 3.20. The van der Waals surface area contributed by atoms with Crippen LogP contribution in [0.1, 0.15) is 0 Å². The highest BCUT2D eigenvalue weighted by molar-refractivity contribution is 8.10. The lowest BCUT2D eigenvalue weighted by atomic mass is 10.4. The summed E-state index contributed by atoms with van der Waals surface area (Å²) in [6.45, 7) is 10.1. The van der Waals surface area contributed by atoms with Crippen molar-refractivity contribution in [3.8, 4) is 0 Å². The van der Waals surface area contributed by atoms with Crippen LogP contribution in [0, 0.1) is 0 Å². The first-order chi connectivity index (χ1) is 8.92. The van der Waals surface area contributed by atoms with Gasteiger partial charge in [0.2, 0.25) is 0 Å². The second kappa shape index (κ2) is 5.74. The van der Waals surface area contributed by atoms with Gasteiger partial charge in [0, 0.05) is 0 Å². The van der Waals surface area contributed by atoms with Gasteiger partial charge in [0.15, 0.2) is 0 Å². The fraction of sp³-hybridized carbons (Fsp3) is 0.250. The van der Waals surface area contributed by atoms with Crippen LogP contribution in [-0.4, -0.2) is 15.5 Å². The maximum atomic E-state index is 2.53. The molecule has 0 saturated carbocycles. The summed E-state index contributed by atoms with van der Waals surface area (Å²) in [5.41, 5.74) is 0. The highest BCUT2D eigenvalue weighted by atomic mass is 31.6. The molecular formula is C16H23PSi2. The lowest BCUT2D eigenvalue weighted by molar-refractivity contribution is 1.73. The molecule has 100 valence electrons. The molecule has 0 saturated heterocycles. The van der Waals surface area contributed by atoms with Gasteiger partial charge in [-0.1, -0.05) is 97.2 Å². The third-order valence-electron chi connectivity index (χ3n) is 3.62. The van der Waals surface area contributed by atoms with Gasteiger partial charge < -0.3 is 0 Å². The molecule has 2 aromatic rings. The zero-order valence-electron chi connectivity index (χ0n) is 12.3. The van der Waals surface area contributed by atoms with Crippen molar-refractivity contribution in [2.24, 2.45) is 0 Å². The van der Waals surface area contributed by atoms with Crippen molar-refractivity contribution in [2.45, 2.75) is 26.2 Å². The molecule has 0 atom stereocenters. The van der Waals surface area contributed by atoms with Gasteiger partial charge in [0.05, 0.1) is 0 Å². The highest BCUT2D eigenvalue weighted by Gasteiger charge is 2.34. The Morgan fingerprint density at radius 1 is 0.579 bits per heavy atom. The monoisotopic (exact) mass is 302 g/mol. The average Bonchev–Trinajstić information content (AvgIpc) is 2.40. The largest absolute Gasteiger partial charge is 0.135 e. The lowest BCUT2D eigenvalue weighted by Gasteiger charge is -2.33. The highest BCUT2D eigenvalue weighted by Crippen LogP contribution is 2.36. The maximum Gasteiger partial charge on any atom is 0.100 e. The molecule has 0 amide bonds. The summed E-state index contributed by atoms with van der Waals surface area (Å²) in [6, 6.07) is 22.3. The van der Waals surface area contributed by atoms with E-state index in [0.717, 1.165) is 7.68 Å². The number of rotatable bonds is 4. The summed E-state index contributed by atoms with van der Waals surface area (Å²) in [4.78, 5) is 0. The molecule has 0 radical (unpaired) electrons. The Kier molecular flexibility index (Phi) is 4.44. The van der Waals surface area contributed by atoms with Crippen molar-refractivity contribution in [3.63, 3.8) is 0 Å². The zero-order valence-corrected chi connectivity index (χ0v) is 15.3. The molecule has 0 aliphatic carbocycles. The van der Waals surface area contributed by atoms with Gasteiger partial charge in [-0.05, 0) is 0 Å². The summed E-state index contributed by atoms with van der Waals surface area (Å²) in [7, 11) is -1.50. The van der Waals surface area contributed by atoms with E-state index < -0.39 is 15.5 Å². The van der Waals surface area contributed by atoms with Crippen molar-refractivity contribution in [2.75, 3.05) is 0 Å². The van der Waals surface area contributed by atoms with E-state index in [1.54, 1.807) is 10.4 Å². The van der Waals surface area contributed by atoms with Crippen LogP contribution < -0.4 is 10.4 Å². The van der Waals surface area contributed by atoms with Gasteiger partial charge in [-0.2, -0.15) is 0 Å². The van der Waals surface area contributed by atoms with Crippen LogP contribution in [-0.2, 0) is 0 Å². The number of hydrogen-bond donors (Lipinski definition) is 0. The molecule has 0 aliphatic rings. The van der Waals surface area contributed by atoms with Crippen LogP contribution in [0.15, 0.2) is 60.7 Å². The Hall–Kier alpha value is -0.696. The van der Waals surface area contributed by atoms with Crippen molar-refractivity contribution >= 4 is 33.5 Å². The van der Waals surface area contributed by atoms with Gasteiger partial charge >= 0.3 is 0 Å². The lowest BCUT2D eigenvalue weighted by Crippen LogP contribution is -2.47. The van der Waals surface area contributed by atoms with Gasteiger partial charge in [0.1, 0.15) is 15.5 Å². The average molecular weight is 303 g/mol. The van der Waals surface area contributed by atoms with Crippen LogP contribution in [0.4, 0.5) is 0 Å². The number of hydrogen-bond acceptors (Lipinski definition) is 0. The first-order valence-electron chi connectivity index (χ1n) is 6.82. The van der Waals surface area contributed by atoms with E-state index in [0.29, 0.717) is 0 Å². The van der Waals surface area contributed by atoms with Gasteiger partial charge in [0.25, 0.3) is 0 Å². The van der Waals surface area contributed by atoms with E-state index in [1.807, 2.05) is 0 Å². The molecule has 0 heterocycles. The Morgan fingerprint density at radius 2 is 0.895 bits per heavy atom. The van der Waals surface area contributed by atoms with Crippen molar-refractivity contribution in [1.29, 1.82) is 0 Å². The SMILES string of the molecule is C[Si](C)(P[Si](C)(C)c1ccccc1)c1ccccc1. The van der Waals surface area contributed by atoms with Gasteiger partial charge in [-0.25, -0.2) is 0 Å². The second-order valence-corrected chi connectivity index (χ2v) is 24.5. The Bertz CT molecular complexity index is 471. The van der Waals surface area contributed by atoms with Crippen LogP contribution in [0.25, 0.3) is 0 Å². The van der Waals surface area contributed by atoms with E-state index in [2.05, 4.69) is 86.9 Å². The van der Waals surface area contributed by atoms with Crippen LogP contribution in [0.5, 0.6) is 0 Å². The van der Waals surface area contributed by atoms with E-state index in [9.17, 15) is 0 Å². The Labute approximate surface area is 120 Å². The predicted octanol–water partition coefficient (Wildman–Crippen LogP) is 3.89. The molecule has 0 aromatic heterocycles. The minimum absolute atomic E-state index is 1.12. The Morgan fingerprint density at radius 3 is 1.21 bits per heavy atom. The second-order valence-electron chi connectivity index (χ2n) is 6.11. The third kappa shape index (κ3) is 3.65. The smallest absolute Gasteiger partial charge is 0.100 e. The molecule has 0 fully saturated rings. The van der Waals surface area contributed by atoms with Crippen LogP contribution in [0.2, 0.25) is 26.2 Å². The summed E-state index contributed by atoms with van der Waals surface area (Å²) in [5.74, 6) is 0. The maximum absolute atomic E-state index is 2.53. The number of benzene rings is 2. The van der Waals surface area contributed by atoms with E-state index in [4.69, 9.17) is 0 Å². The summed E-state index contributed by atoms with van der Waals surface area (Å²) < 4.78 is 0. The standard InChI is InChI=1S/C16H23PSi2/c1-18(2,15-11-7-5-8-12-15)17-19(3,4)16-13-9-6-10-14-16/h5-14,17H,1-4H3. The molecule has 2 aromatic carbocycles. The Balaban J connectivity index is 2.25. The normalized spacial score (nSPS) is 12.4. The molecular weight excluding hydrogens is 279 g/mol. The molecule has 0 bridgehead atoms. The topological polar surface area (TPSA) is 0 Å². The summed E-state index contributed by atoms with van der Waals surface area (Å²) >= 11 is 0. The molecule has 0 N–H and O–H groups in total. The van der Waals surface area contributed by atoms with Crippen molar-refractivity contribution in [3.05, 3.63) is 60.7 Å². The van der Waals surface area contributed by atoms with Crippen LogP contribution >= 0.6 is 7.68 Å². The van der Waals surface area contributed by atoms with E-state index in [1.165, 1.54) is 0 Å².